The maximum absolute atomic E-state index is 13.6. The summed E-state index contributed by atoms with van der Waals surface area (Å²) < 4.78 is 45.8. The van der Waals surface area contributed by atoms with Crippen molar-refractivity contribution in [3.8, 4) is 0 Å². The minimum Gasteiger partial charge on any atom is -0.459 e. The van der Waals surface area contributed by atoms with Crippen molar-refractivity contribution in [3.05, 3.63) is 0 Å². The predicted octanol–water partition coefficient (Wildman–Crippen LogP) is 4.09. The van der Waals surface area contributed by atoms with Crippen LogP contribution in [0, 0.1) is 16.7 Å². The molecule has 2 saturated carbocycles. The van der Waals surface area contributed by atoms with Gasteiger partial charge in [0.25, 0.3) is 0 Å². The molecule has 2 rings (SSSR count). The monoisotopic (exact) mass is 278 g/mol. The van der Waals surface area contributed by atoms with Gasteiger partial charge in [-0.05, 0) is 57.8 Å². The standard InChI is InChI=1S/C14H21F3O2/c1-11(2,3)19-10(18)13(14(15,16)17)8-12(4)6-5-9(13)7-12/h9H,5-8H2,1-4H3. The van der Waals surface area contributed by atoms with Crippen LogP contribution in [0.5, 0.6) is 0 Å². The smallest absolute Gasteiger partial charge is 0.405 e. The molecule has 0 amide bonds. The normalized spacial score (nSPS) is 38.6. The highest BCUT2D eigenvalue weighted by molar-refractivity contribution is 5.79. The topological polar surface area (TPSA) is 26.3 Å². The Kier molecular flexibility index (Phi) is 3.00. The first-order valence-corrected chi connectivity index (χ1v) is 6.70. The van der Waals surface area contributed by atoms with Gasteiger partial charge in [-0.25, -0.2) is 0 Å². The van der Waals surface area contributed by atoms with Crippen molar-refractivity contribution < 1.29 is 22.7 Å². The van der Waals surface area contributed by atoms with Gasteiger partial charge in [0.2, 0.25) is 0 Å². The third kappa shape index (κ3) is 2.25. The number of fused-ring (bicyclic) bond motifs is 2. The summed E-state index contributed by atoms with van der Waals surface area (Å²) in [7, 11) is 0. The molecule has 2 nitrogen and oxygen atoms in total. The molecule has 2 aliphatic rings. The molecular weight excluding hydrogens is 257 g/mol. The highest BCUT2D eigenvalue weighted by atomic mass is 19.4. The van der Waals surface area contributed by atoms with E-state index >= 15 is 0 Å². The Labute approximate surface area is 111 Å². The Balaban J connectivity index is 2.36. The summed E-state index contributed by atoms with van der Waals surface area (Å²) in [5, 5.41) is 0. The van der Waals surface area contributed by atoms with Crippen LogP contribution in [0.25, 0.3) is 0 Å². The van der Waals surface area contributed by atoms with Gasteiger partial charge < -0.3 is 4.74 Å². The molecule has 2 bridgehead atoms. The van der Waals surface area contributed by atoms with E-state index in [0.29, 0.717) is 12.8 Å². The van der Waals surface area contributed by atoms with Crippen LogP contribution in [0.4, 0.5) is 13.2 Å². The zero-order valence-corrected chi connectivity index (χ0v) is 11.9. The van der Waals surface area contributed by atoms with E-state index in [4.69, 9.17) is 4.74 Å². The second-order valence-electron chi connectivity index (χ2n) is 7.40. The van der Waals surface area contributed by atoms with Crippen molar-refractivity contribution in [3.63, 3.8) is 0 Å². The number of hydrogen-bond acceptors (Lipinski definition) is 2. The van der Waals surface area contributed by atoms with Gasteiger partial charge in [0.15, 0.2) is 5.41 Å². The lowest BCUT2D eigenvalue weighted by Crippen LogP contribution is -2.52. The molecule has 0 aliphatic heterocycles. The second kappa shape index (κ2) is 3.89. The van der Waals surface area contributed by atoms with E-state index in [2.05, 4.69) is 0 Å². The lowest BCUT2D eigenvalue weighted by atomic mass is 9.69. The maximum atomic E-state index is 13.6. The summed E-state index contributed by atoms with van der Waals surface area (Å²) >= 11 is 0. The van der Waals surface area contributed by atoms with Gasteiger partial charge in [0.05, 0.1) is 0 Å². The largest absolute Gasteiger partial charge is 0.459 e. The number of carbonyl (C=O) groups excluding carboxylic acids is 1. The Morgan fingerprint density at radius 2 is 1.84 bits per heavy atom. The van der Waals surface area contributed by atoms with E-state index in [9.17, 15) is 18.0 Å². The van der Waals surface area contributed by atoms with Gasteiger partial charge >= 0.3 is 12.1 Å². The molecule has 19 heavy (non-hydrogen) atoms. The van der Waals surface area contributed by atoms with Crippen LogP contribution in [-0.2, 0) is 9.53 Å². The molecule has 0 aromatic carbocycles. The fraction of sp³-hybridized carbons (Fsp3) is 0.929. The molecule has 5 heteroatoms. The van der Waals surface area contributed by atoms with Gasteiger partial charge in [-0.1, -0.05) is 6.92 Å². The summed E-state index contributed by atoms with van der Waals surface area (Å²) in [6.45, 7) is 6.66. The molecule has 3 unspecified atom stereocenters. The number of alkyl halides is 3. The average molecular weight is 278 g/mol. The Bertz CT molecular complexity index is 396. The maximum Gasteiger partial charge on any atom is 0.405 e. The summed E-state index contributed by atoms with van der Waals surface area (Å²) in [5.74, 6) is -1.70. The molecule has 2 fully saturated rings. The van der Waals surface area contributed by atoms with E-state index in [1.54, 1.807) is 20.8 Å². The fourth-order valence-corrected chi connectivity index (χ4v) is 3.78. The first kappa shape index (κ1) is 14.7. The van der Waals surface area contributed by atoms with Crippen molar-refractivity contribution in [2.24, 2.45) is 16.7 Å². The average Bonchev–Trinajstić information content (AvgIpc) is 2.66. The highest BCUT2D eigenvalue weighted by Crippen LogP contribution is 2.68. The predicted molar refractivity (Wildman–Crippen MR) is 64.4 cm³/mol. The lowest BCUT2D eigenvalue weighted by Gasteiger charge is -2.40. The Morgan fingerprint density at radius 3 is 2.16 bits per heavy atom. The lowest BCUT2D eigenvalue weighted by molar-refractivity contribution is -0.254. The minimum atomic E-state index is -4.53. The minimum absolute atomic E-state index is 0.122. The molecule has 0 aromatic rings. The number of halogens is 3. The van der Waals surface area contributed by atoms with Crippen molar-refractivity contribution in [2.45, 2.75) is 65.2 Å². The van der Waals surface area contributed by atoms with Crippen LogP contribution >= 0.6 is 0 Å². The molecule has 2 aliphatic carbocycles. The van der Waals surface area contributed by atoms with Crippen LogP contribution in [0.3, 0.4) is 0 Å². The number of carbonyl (C=O) groups is 1. The zero-order valence-electron chi connectivity index (χ0n) is 11.9. The van der Waals surface area contributed by atoms with Crippen molar-refractivity contribution in [1.29, 1.82) is 0 Å². The Hall–Kier alpha value is -0.740. The first-order chi connectivity index (χ1) is 8.40. The Morgan fingerprint density at radius 1 is 1.26 bits per heavy atom. The van der Waals surface area contributed by atoms with Crippen molar-refractivity contribution in [2.75, 3.05) is 0 Å². The second-order valence-corrected chi connectivity index (χ2v) is 7.40. The molecule has 0 aromatic heterocycles. The number of esters is 1. The van der Waals surface area contributed by atoms with Gasteiger partial charge in [-0.15, -0.1) is 0 Å². The van der Waals surface area contributed by atoms with Crippen molar-refractivity contribution in [1.82, 2.24) is 0 Å². The zero-order chi connectivity index (χ0) is 14.7. The fourth-order valence-electron chi connectivity index (χ4n) is 3.78. The van der Waals surface area contributed by atoms with Crippen LogP contribution < -0.4 is 0 Å². The van der Waals surface area contributed by atoms with E-state index in [1.165, 1.54) is 0 Å². The molecule has 0 radical (unpaired) electrons. The van der Waals surface area contributed by atoms with E-state index in [1.807, 2.05) is 6.92 Å². The van der Waals surface area contributed by atoms with Crippen LogP contribution in [0.1, 0.15) is 53.4 Å². The molecular formula is C14H21F3O2. The van der Waals surface area contributed by atoms with Crippen LogP contribution in [-0.4, -0.2) is 17.7 Å². The molecule has 3 atom stereocenters. The number of rotatable bonds is 1. The molecule has 0 spiro atoms. The van der Waals surface area contributed by atoms with Gasteiger partial charge in [-0.2, -0.15) is 13.2 Å². The highest BCUT2D eigenvalue weighted by Gasteiger charge is 2.73. The van der Waals surface area contributed by atoms with E-state index < -0.39 is 29.1 Å². The van der Waals surface area contributed by atoms with Gasteiger partial charge in [-0.3, -0.25) is 4.79 Å². The molecule has 0 heterocycles. The summed E-state index contributed by atoms with van der Waals surface area (Å²) in [6, 6.07) is 0. The van der Waals surface area contributed by atoms with E-state index in [-0.39, 0.29) is 11.8 Å². The molecule has 0 N–H and O–H groups in total. The molecule has 110 valence electrons. The first-order valence-electron chi connectivity index (χ1n) is 6.70. The third-order valence-electron chi connectivity index (χ3n) is 4.51. The SMILES string of the molecule is CC12CCC(C1)C(C(=O)OC(C)(C)C)(C(F)(F)F)C2. The van der Waals surface area contributed by atoms with Crippen LogP contribution in [0.2, 0.25) is 0 Å². The van der Waals surface area contributed by atoms with Gasteiger partial charge in [0.1, 0.15) is 5.60 Å². The van der Waals surface area contributed by atoms with E-state index in [0.717, 1.165) is 6.42 Å². The third-order valence-corrected chi connectivity index (χ3v) is 4.51. The molecule has 0 saturated heterocycles. The summed E-state index contributed by atoms with van der Waals surface area (Å²) in [5.41, 5.74) is -3.54. The quantitative estimate of drug-likeness (QED) is 0.675. The summed E-state index contributed by atoms with van der Waals surface area (Å²) in [6.07, 6.45) is -2.93. The van der Waals surface area contributed by atoms with Crippen molar-refractivity contribution >= 4 is 5.97 Å². The summed E-state index contributed by atoms with van der Waals surface area (Å²) in [4.78, 5) is 12.2. The number of hydrogen-bond donors (Lipinski definition) is 0. The number of ether oxygens (including phenoxy) is 1. The van der Waals surface area contributed by atoms with Gasteiger partial charge in [0, 0.05) is 0 Å². The van der Waals surface area contributed by atoms with Crippen LogP contribution in [0.15, 0.2) is 0 Å².